The first-order valence-electron chi connectivity index (χ1n) is 4.78. The molecule has 2 rings (SSSR count). The van der Waals surface area contributed by atoms with Crippen LogP contribution in [0.5, 0.6) is 0 Å². The number of halogens is 2. The number of alkyl halides is 2. The number of carbonyl (C=O) groups excluding carboxylic acids is 1. The van der Waals surface area contributed by atoms with Gasteiger partial charge in [0.1, 0.15) is 0 Å². The van der Waals surface area contributed by atoms with Crippen molar-refractivity contribution in [3.8, 4) is 0 Å². The quantitative estimate of drug-likeness (QED) is 0.735. The molecule has 0 radical (unpaired) electrons. The Bertz CT molecular complexity index is 560. The number of nitrogens with zero attached hydrogens (tertiary/aromatic N) is 2. The van der Waals surface area contributed by atoms with Gasteiger partial charge in [-0.1, -0.05) is 0 Å². The van der Waals surface area contributed by atoms with Crippen LogP contribution in [-0.4, -0.2) is 15.6 Å². The lowest BCUT2D eigenvalue weighted by Crippen LogP contribution is -2.00. The van der Waals surface area contributed by atoms with E-state index in [1.54, 1.807) is 13.0 Å². The van der Waals surface area contributed by atoms with E-state index in [0.717, 1.165) is 0 Å². The number of carbonyl (C=O) groups is 1. The van der Waals surface area contributed by atoms with E-state index in [4.69, 9.17) is 0 Å². The zero-order valence-corrected chi connectivity index (χ0v) is 8.87. The monoisotopic (exact) mass is 224 g/mol. The number of hydrogen-bond acceptors (Lipinski definition) is 2. The van der Waals surface area contributed by atoms with E-state index in [9.17, 15) is 13.6 Å². The number of fused-ring (bicyclic) bond motifs is 1. The fraction of sp³-hybridized carbons (Fsp3) is 0.273. The molecular weight excluding hydrogens is 214 g/mol. The molecule has 84 valence electrons. The number of aryl methyl sites for hydroxylation is 1. The van der Waals surface area contributed by atoms with Gasteiger partial charge in [-0.25, -0.2) is 4.68 Å². The normalized spacial score (nSPS) is 11.3. The highest BCUT2D eigenvalue weighted by atomic mass is 19.3. The predicted molar refractivity (Wildman–Crippen MR) is 55.7 cm³/mol. The van der Waals surface area contributed by atoms with E-state index < -0.39 is 6.55 Å². The summed E-state index contributed by atoms with van der Waals surface area (Å²) < 4.78 is 25.9. The van der Waals surface area contributed by atoms with E-state index in [-0.39, 0.29) is 5.78 Å². The fourth-order valence-corrected chi connectivity index (χ4v) is 1.66. The summed E-state index contributed by atoms with van der Waals surface area (Å²) in [6.07, 6.45) is 0. The minimum absolute atomic E-state index is 0.0916. The molecule has 1 aromatic carbocycles. The van der Waals surface area contributed by atoms with Gasteiger partial charge in [0.05, 0.1) is 11.2 Å². The predicted octanol–water partition coefficient (Wildman–Crippen LogP) is 2.94. The Kier molecular flexibility index (Phi) is 2.46. The average molecular weight is 224 g/mol. The summed E-state index contributed by atoms with van der Waals surface area (Å²) in [5.41, 5.74) is 1.35. The summed E-state index contributed by atoms with van der Waals surface area (Å²) in [4.78, 5) is 11.2. The first kappa shape index (κ1) is 10.7. The zero-order valence-electron chi connectivity index (χ0n) is 8.87. The largest absolute Gasteiger partial charge is 0.333 e. The van der Waals surface area contributed by atoms with Crippen molar-refractivity contribution in [2.45, 2.75) is 20.4 Å². The van der Waals surface area contributed by atoms with E-state index in [0.29, 0.717) is 26.8 Å². The number of rotatable bonds is 2. The van der Waals surface area contributed by atoms with Gasteiger partial charge in [0, 0.05) is 10.9 Å². The molecule has 0 saturated carbocycles. The molecule has 0 fully saturated rings. The minimum atomic E-state index is -2.67. The van der Waals surface area contributed by atoms with Gasteiger partial charge < -0.3 is 0 Å². The highest BCUT2D eigenvalue weighted by Gasteiger charge is 2.14. The minimum Gasteiger partial charge on any atom is -0.295 e. The third kappa shape index (κ3) is 1.58. The lowest BCUT2D eigenvalue weighted by atomic mass is 10.1. The molecule has 0 unspecified atom stereocenters. The highest BCUT2D eigenvalue weighted by Crippen LogP contribution is 2.24. The molecule has 0 atom stereocenters. The van der Waals surface area contributed by atoms with Crippen molar-refractivity contribution < 1.29 is 13.6 Å². The van der Waals surface area contributed by atoms with Crippen LogP contribution >= 0.6 is 0 Å². The van der Waals surface area contributed by atoms with Gasteiger partial charge >= 0.3 is 6.55 Å². The maximum atomic E-state index is 12.6. The topological polar surface area (TPSA) is 34.9 Å². The summed E-state index contributed by atoms with van der Waals surface area (Å²) in [7, 11) is 0. The lowest BCUT2D eigenvalue weighted by Gasteiger charge is -2.01. The van der Waals surface area contributed by atoms with Gasteiger partial charge in [-0.05, 0) is 32.0 Å². The van der Waals surface area contributed by atoms with Crippen LogP contribution in [0.1, 0.15) is 29.5 Å². The highest BCUT2D eigenvalue weighted by molar-refractivity contribution is 5.98. The summed E-state index contributed by atoms with van der Waals surface area (Å²) in [6.45, 7) is 0.415. The van der Waals surface area contributed by atoms with Crippen molar-refractivity contribution in [3.63, 3.8) is 0 Å². The van der Waals surface area contributed by atoms with Gasteiger partial charge in [-0.15, -0.1) is 0 Å². The van der Waals surface area contributed by atoms with Gasteiger partial charge in [-0.3, -0.25) is 4.79 Å². The molecule has 5 heteroatoms. The summed E-state index contributed by atoms with van der Waals surface area (Å²) >= 11 is 0. The standard InChI is InChI=1S/C11H10F2N2O/c1-6-9-5-8(7(2)16)3-4-10(9)15(14-6)11(12)13/h3-5,11H,1-2H3. The lowest BCUT2D eigenvalue weighted by molar-refractivity contribution is 0.0612. The Balaban J connectivity index is 2.71. The number of hydrogen-bond donors (Lipinski definition) is 0. The Morgan fingerprint density at radius 3 is 2.69 bits per heavy atom. The molecule has 16 heavy (non-hydrogen) atoms. The van der Waals surface area contributed by atoms with Crippen molar-refractivity contribution >= 4 is 16.7 Å². The molecule has 0 saturated heterocycles. The van der Waals surface area contributed by atoms with Gasteiger partial charge in [-0.2, -0.15) is 13.9 Å². The van der Waals surface area contributed by atoms with Gasteiger partial charge in [0.25, 0.3) is 0 Å². The van der Waals surface area contributed by atoms with E-state index in [1.807, 2.05) is 0 Å². The van der Waals surface area contributed by atoms with Gasteiger partial charge in [0.15, 0.2) is 5.78 Å². The van der Waals surface area contributed by atoms with E-state index in [2.05, 4.69) is 5.10 Å². The molecule has 0 aliphatic carbocycles. The molecule has 0 aliphatic heterocycles. The van der Waals surface area contributed by atoms with Crippen LogP contribution < -0.4 is 0 Å². The van der Waals surface area contributed by atoms with Crippen LogP contribution in [0.4, 0.5) is 8.78 Å². The van der Waals surface area contributed by atoms with Crippen LogP contribution in [0.25, 0.3) is 10.9 Å². The number of aromatic nitrogens is 2. The van der Waals surface area contributed by atoms with Crippen molar-refractivity contribution in [2.24, 2.45) is 0 Å². The first-order valence-corrected chi connectivity index (χ1v) is 4.78. The second-order valence-corrected chi connectivity index (χ2v) is 3.60. The smallest absolute Gasteiger partial charge is 0.295 e. The van der Waals surface area contributed by atoms with E-state index >= 15 is 0 Å². The molecule has 1 aromatic heterocycles. The fourth-order valence-electron chi connectivity index (χ4n) is 1.66. The molecule has 0 spiro atoms. The maximum absolute atomic E-state index is 12.6. The Labute approximate surface area is 90.7 Å². The van der Waals surface area contributed by atoms with Crippen molar-refractivity contribution in [1.29, 1.82) is 0 Å². The number of Topliss-reactive ketones (excluding diaryl/α,β-unsaturated/α-hetero) is 1. The molecule has 0 amide bonds. The summed E-state index contributed by atoms with van der Waals surface area (Å²) in [5.74, 6) is -0.0916. The third-order valence-electron chi connectivity index (χ3n) is 2.48. The van der Waals surface area contributed by atoms with Crippen LogP contribution in [0.15, 0.2) is 18.2 Å². The average Bonchev–Trinajstić information content (AvgIpc) is 2.56. The third-order valence-corrected chi connectivity index (χ3v) is 2.48. The number of ketones is 1. The van der Waals surface area contributed by atoms with Crippen molar-refractivity contribution in [1.82, 2.24) is 9.78 Å². The van der Waals surface area contributed by atoms with Crippen molar-refractivity contribution in [3.05, 3.63) is 29.5 Å². The SMILES string of the molecule is CC(=O)c1ccc2c(c1)c(C)nn2C(F)F. The van der Waals surface area contributed by atoms with Crippen LogP contribution in [0.3, 0.4) is 0 Å². The van der Waals surface area contributed by atoms with E-state index in [1.165, 1.54) is 19.1 Å². The summed E-state index contributed by atoms with van der Waals surface area (Å²) in [6, 6.07) is 4.63. The second-order valence-electron chi connectivity index (χ2n) is 3.60. The van der Waals surface area contributed by atoms with Crippen LogP contribution in [0.2, 0.25) is 0 Å². The molecular formula is C11H10F2N2O. The molecule has 0 bridgehead atoms. The van der Waals surface area contributed by atoms with Crippen molar-refractivity contribution in [2.75, 3.05) is 0 Å². The Hall–Kier alpha value is -1.78. The second kappa shape index (κ2) is 3.66. The molecule has 2 aromatic rings. The number of benzene rings is 1. The molecule has 0 aliphatic rings. The van der Waals surface area contributed by atoms with Gasteiger partial charge in [0.2, 0.25) is 0 Å². The zero-order chi connectivity index (χ0) is 11.9. The Morgan fingerprint density at radius 1 is 1.44 bits per heavy atom. The van der Waals surface area contributed by atoms with Crippen LogP contribution in [0, 0.1) is 6.92 Å². The van der Waals surface area contributed by atoms with Crippen LogP contribution in [-0.2, 0) is 0 Å². The summed E-state index contributed by atoms with van der Waals surface area (Å²) in [5, 5.41) is 4.34. The Morgan fingerprint density at radius 2 is 2.12 bits per heavy atom. The molecule has 0 N–H and O–H groups in total. The maximum Gasteiger partial charge on any atom is 0.333 e. The molecule has 1 heterocycles. The first-order chi connectivity index (χ1) is 7.50. The molecule has 3 nitrogen and oxygen atoms in total.